The average molecular weight is 484 g/mol. The summed E-state index contributed by atoms with van der Waals surface area (Å²) in [6.07, 6.45) is 1.89. The van der Waals surface area contributed by atoms with Crippen LogP contribution in [0.25, 0.3) is 33.7 Å². The lowest BCUT2D eigenvalue weighted by Crippen LogP contribution is -2.03. The first-order chi connectivity index (χ1) is 18.3. The predicted octanol–water partition coefficient (Wildman–Crippen LogP) is 7.61. The fourth-order valence-corrected chi connectivity index (χ4v) is 4.45. The highest BCUT2D eigenvalue weighted by Crippen LogP contribution is 2.31. The van der Waals surface area contributed by atoms with E-state index in [9.17, 15) is 0 Å². The lowest BCUT2D eigenvalue weighted by Gasteiger charge is -2.12. The van der Waals surface area contributed by atoms with Crippen molar-refractivity contribution < 1.29 is 9.47 Å². The number of ether oxygens (including phenoxy) is 2. The van der Waals surface area contributed by atoms with E-state index in [0.29, 0.717) is 12.2 Å². The Morgan fingerprint density at radius 3 is 2.16 bits per heavy atom. The van der Waals surface area contributed by atoms with Gasteiger partial charge < -0.3 is 14.0 Å². The van der Waals surface area contributed by atoms with E-state index in [1.54, 1.807) is 7.11 Å². The smallest absolute Gasteiger partial charge is 0.178 e. The van der Waals surface area contributed by atoms with Crippen LogP contribution in [0.1, 0.15) is 5.56 Å². The lowest BCUT2D eigenvalue weighted by molar-refractivity contribution is 0.415. The number of hydrogen-bond donors (Lipinski definition) is 0. The minimum atomic E-state index is 0.606. The second-order valence-electron chi connectivity index (χ2n) is 8.75. The molecule has 180 valence electrons. The number of pyridine rings is 1. The maximum absolute atomic E-state index is 6.09. The van der Waals surface area contributed by atoms with Gasteiger partial charge in [-0.2, -0.15) is 0 Å². The van der Waals surface area contributed by atoms with Gasteiger partial charge in [0.1, 0.15) is 23.1 Å². The van der Waals surface area contributed by atoms with E-state index in [1.807, 2.05) is 91.1 Å². The number of aromatic nitrogens is 3. The van der Waals surface area contributed by atoms with Crippen molar-refractivity contribution in [3.8, 4) is 39.8 Å². The Bertz CT molecular complexity index is 1660. The molecule has 6 rings (SSSR count). The summed E-state index contributed by atoms with van der Waals surface area (Å²) < 4.78 is 13.8. The van der Waals surface area contributed by atoms with Crippen molar-refractivity contribution in [2.75, 3.05) is 7.11 Å². The van der Waals surface area contributed by atoms with Gasteiger partial charge in [0.2, 0.25) is 0 Å². The Labute approximate surface area is 215 Å². The number of methoxy groups -OCH3 is 1. The van der Waals surface area contributed by atoms with E-state index in [4.69, 9.17) is 19.4 Å². The molecule has 0 aliphatic carbocycles. The Morgan fingerprint density at radius 2 is 1.35 bits per heavy atom. The molecule has 5 heteroatoms. The Balaban J connectivity index is 1.45. The summed E-state index contributed by atoms with van der Waals surface area (Å²) >= 11 is 0. The van der Waals surface area contributed by atoms with Gasteiger partial charge in [-0.3, -0.25) is 0 Å². The molecule has 4 aromatic carbocycles. The molecule has 37 heavy (non-hydrogen) atoms. The first-order valence-corrected chi connectivity index (χ1v) is 12.1. The van der Waals surface area contributed by atoms with Crippen LogP contribution in [-0.4, -0.2) is 21.6 Å². The number of rotatable bonds is 7. The number of fused-ring (bicyclic) bond motifs is 1. The molecule has 0 bridgehead atoms. The second kappa shape index (κ2) is 9.99. The molecule has 0 saturated heterocycles. The molecule has 0 saturated carbocycles. The zero-order valence-corrected chi connectivity index (χ0v) is 20.4. The van der Waals surface area contributed by atoms with Gasteiger partial charge in [-0.05, 0) is 53.6 Å². The van der Waals surface area contributed by atoms with Crippen molar-refractivity contribution in [3.05, 3.63) is 127 Å². The van der Waals surface area contributed by atoms with Gasteiger partial charge in [-0.1, -0.05) is 72.8 Å². The van der Waals surface area contributed by atoms with Crippen molar-refractivity contribution in [2.24, 2.45) is 0 Å². The molecule has 2 aromatic heterocycles. The molecule has 2 heterocycles. The quantitative estimate of drug-likeness (QED) is 0.234. The molecular weight excluding hydrogens is 458 g/mol. The van der Waals surface area contributed by atoms with Gasteiger partial charge in [-0.25, -0.2) is 9.97 Å². The largest absolute Gasteiger partial charge is 0.497 e. The lowest BCUT2D eigenvalue weighted by atomic mass is 10.1. The van der Waals surface area contributed by atoms with Crippen LogP contribution in [0, 0.1) is 0 Å². The normalized spacial score (nSPS) is 10.9. The molecule has 0 unspecified atom stereocenters. The molecule has 0 atom stereocenters. The van der Waals surface area contributed by atoms with Crippen molar-refractivity contribution in [1.29, 1.82) is 0 Å². The minimum absolute atomic E-state index is 0.606. The summed E-state index contributed by atoms with van der Waals surface area (Å²) in [7, 11) is 1.67. The van der Waals surface area contributed by atoms with Gasteiger partial charge in [0.25, 0.3) is 0 Å². The minimum Gasteiger partial charge on any atom is -0.497 e. The molecule has 0 fully saturated rings. The summed E-state index contributed by atoms with van der Waals surface area (Å²) in [5.74, 6) is 3.22. The summed E-state index contributed by atoms with van der Waals surface area (Å²) in [5.41, 5.74) is 5.90. The molecule has 6 aromatic rings. The Morgan fingerprint density at radius 1 is 0.649 bits per heavy atom. The second-order valence-corrected chi connectivity index (χ2v) is 8.75. The Hall–Kier alpha value is -4.90. The molecule has 0 spiro atoms. The van der Waals surface area contributed by atoms with Gasteiger partial charge in [0, 0.05) is 23.9 Å². The summed E-state index contributed by atoms with van der Waals surface area (Å²) in [4.78, 5) is 9.68. The van der Waals surface area contributed by atoms with Crippen molar-refractivity contribution in [3.63, 3.8) is 0 Å². The number of nitrogens with zero attached hydrogens (tertiary/aromatic N) is 3. The fourth-order valence-electron chi connectivity index (χ4n) is 4.45. The molecule has 5 nitrogen and oxygen atoms in total. The summed E-state index contributed by atoms with van der Waals surface area (Å²) in [5, 5.41) is 0. The molecule has 0 N–H and O–H groups in total. The van der Waals surface area contributed by atoms with Gasteiger partial charge in [0.15, 0.2) is 5.65 Å². The number of imidazole rings is 1. The zero-order valence-electron chi connectivity index (χ0n) is 20.4. The highest BCUT2D eigenvalue weighted by atomic mass is 16.5. The van der Waals surface area contributed by atoms with Gasteiger partial charge in [-0.15, -0.1) is 0 Å². The Kier molecular flexibility index (Phi) is 6.09. The van der Waals surface area contributed by atoms with E-state index in [2.05, 4.69) is 34.9 Å². The molecule has 0 aliphatic heterocycles. The van der Waals surface area contributed by atoms with Gasteiger partial charge in [0.05, 0.1) is 12.6 Å². The summed E-state index contributed by atoms with van der Waals surface area (Å²) in [6, 6.07) is 38.4. The third-order valence-electron chi connectivity index (χ3n) is 6.26. The van der Waals surface area contributed by atoms with Gasteiger partial charge >= 0.3 is 0 Å². The van der Waals surface area contributed by atoms with Crippen molar-refractivity contribution in [2.45, 2.75) is 6.54 Å². The average Bonchev–Trinajstić information content (AvgIpc) is 3.32. The van der Waals surface area contributed by atoms with Crippen LogP contribution in [0.4, 0.5) is 0 Å². The third-order valence-corrected chi connectivity index (χ3v) is 6.26. The highest BCUT2D eigenvalue weighted by Gasteiger charge is 2.16. The van der Waals surface area contributed by atoms with E-state index in [0.717, 1.165) is 50.8 Å². The molecule has 0 radical (unpaired) electrons. The van der Waals surface area contributed by atoms with E-state index < -0.39 is 0 Å². The van der Waals surface area contributed by atoms with Crippen LogP contribution in [-0.2, 0) is 6.54 Å². The van der Waals surface area contributed by atoms with Crippen LogP contribution in [0.5, 0.6) is 17.2 Å². The number of para-hydroxylation sites is 1. The first-order valence-electron chi connectivity index (χ1n) is 12.1. The third kappa shape index (κ3) is 4.80. The van der Waals surface area contributed by atoms with Crippen molar-refractivity contribution in [1.82, 2.24) is 14.5 Å². The molecule has 0 aliphatic rings. The number of benzene rings is 4. The fraction of sp³-hybridized carbons (Fsp3) is 0.0625. The highest BCUT2D eigenvalue weighted by molar-refractivity contribution is 5.82. The van der Waals surface area contributed by atoms with Crippen LogP contribution >= 0.6 is 0 Å². The van der Waals surface area contributed by atoms with Crippen LogP contribution in [0.15, 0.2) is 121 Å². The van der Waals surface area contributed by atoms with E-state index in [1.165, 1.54) is 0 Å². The van der Waals surface area contributed by atoms with Crippen LogP contribution < -0.4 is 9.47 Å². The van der Waals surface area contributed by atoms with E-state index >= 15 is 0 Å². The monoisotopic (exact) mass is 483 g/mol. The van der Waals surface area contributed by atoms with E-state index in [-0.39, 0.29) is 0 Å². The molecule has 0 amide bonds. The first kappa shape index (κ1) is 22.6. The SMILES string of the molecule is COc1cccc(-c2nc3ncc(-c4ccccc4)cc3n2Cc2cccc(Oc3ccccc3)c2)c1. The zero-order chi connectivity index (χ0) is 25.0. The summed E-state index contributed by atoms with van der Waals surface area (Å²) in [6.45, 7) is 0.606. The van der Waals surface area contributed by atoms with Crippen molar-refractivity contribution >= 4 is 11.2 Å². The van der Waals surface area contributed by atoms with Crippen LogP contribution in [0.3, 0.4) is 0 Å². The molecular formula is C32H25N3O2. The topological polar surface area (TPSA) is 49.2 Å². The number of hydrogen-bond acceptors (Lipinski definition) is 4. The predicted molar refractivity (Wildman–Crippen MR) is 147 cm³/mol. The maximum atomic E-state index is 6.09. The van der Waals surface area contributed by atoms with Crippen LogP contribution in [0.2, 0.25) is 0 Å². The standard InChI is InChI=1S/C32H25N3O2/c1-36-28-16-9-13-25(19-28)32-34-31-30(20-26(21-33-31)24-11-4-2-5-12-24)35(32)22-23-10-8-17-29(18-23)37-27-14-6-3-7-15-27/h2-21H,22H2,1H3. The maximum Gasteiger partial charge on any atom is 0.178 e.